The van der Waals surface area contributed by atoms with Gasteiger partial charge in [-0.25, -0.2) is 0 Å². The largest absolute Gasteiger partial charge is 0.389 e. The highest BCUT2D eigenvalue weighted by molar-refractivity contribution is 6.31. The number of hydrogen-bond acceptors (Lipinski definition) is 4. The van der Waals surface area contributed by atoms with Crippen molar-refractivity contribution in [1.29, 1.82) is 0 Å². The molecular formula is C17H27ClN2O2. The van der Waals surface area contributed by atoms with Crippen molar-refractivity contribution in [3.05, 3.63) is 34.9 Å². The van der Waals surface area contributed by atoms with Crippen molar-refractivity contribution in [1.82, 2.24) is 9.80 Å². The van der Waals surface area contributed by atoms with Crippen LogP contribution in [0, 0.1) is 0 Å². The molecule has 0 amide bonds. The van der Waals surface area contributed by atoms with E-state index in [1.54, 1.807) is 0 Å². The van der Waals surface area contributed by atoms with Gasteiger partial charge in [0.25, 0.3) is 0 Å². The van der Waals surface area contributed by atoms with Gasteiger partial charge < -0.3 is 9.84 Å². The zero-order valence-corrected chi connectivity index (χ0v) is 14.3. The molecule has 1 unspecified atom stereocenters. The van der Waals surface area contributed by atoms with Gasteiger partial charge in [-0.1, -0.05) is 29.8 Å². The number of aliphatic hydroxyl groups is 1. The molecule has 4 nitrogen and oxygen atoms in total. The zero-order valence-electron chi connectivity index (χ0n) is 13.5. The Hall–Kier alpha value is -0.650. The molecule has 124 valence electrons. The van der Waals surface area contributed by atoms with Crippen LogP contribution < -0.4 is 0 Å². The first-order chi connectivity index (χ1) is 10.6. The third kappa shape index (κ3) is 5.52. The van der Waals surface area contributed by atoms with Crippen molar-refractivity contribution in [2.75, 3.05) is 39.3 Å². The van der Waals surface area contributed by atoms with Crippen molar-refractivity contribution in [3.63, 3.8) is 0 Å². The topological polar surface area (TPSA) is 35.9 Å². The molecule has 1 aromatic carbocycles. The van der Waals surface area contributed by atoms with Crippen LogP contribution in [0.15, 0.2) is 24.3 Å². The molecule has 0 aliphatic carbocycles. The van der Waals surface area contributed by atoms with E-state index in [9.17, 15) is 5.11 Å². The van der Waals surface area contributed by atoms with Crippen LogP contribution in [-0.2, 0) is 11.3 Å². The fourth-order valence-corrected chi connectivity index (χ4v) is 2.92. The number of β-amino-alcohol motifs (C(OH)–C–C–N with tert-alkyl or cyclic N) is 1. The van der Waals surface area contributed by atoms with Crippen molar-refractivity contribution in [3.8, 4) is 0 Å². The lowest BCUT2D eigenvalue weighted by molar-refractivity contribution is -0.000684. The van der Waals surface area contributed by atoms with Gasteiger partial charge in [-0.2, -0.15) is 0 Å². The van der Waals surface area contributed by atoms with E-state index in [2.05, 4.69) is 23.6 Å². The van der Waals surface area contributed by atoms with Crippen LogP contribution in [0.5, 0.6) is 0 Å². The summed E-state index contributed by atoms with van der Waals surface area (Å²) in [5.41, 5.74) is 0.960. The molecule has 0 radical (unpaired) electrons. The lowest BCUT2D eigenvalue weighted by Gasteiger charge is -2.37. The van der Waals surface area contributed by atoms with Gasteiger partial charge in [0.1, 0.15) is 0 Å². The fourth-order valence-electron chi connectivity index (χ4n) is 2.73. The Labute approximate surface area is 138 Å². The average molecular weight is 327 g/mol. The molecule has 2 rings (SSSR count). The maximum atomic E-state index is 10.1. The van der Waals surface area contributed by atoms with Gasteiger partial charge in [-0.15, -0.1) is 0 Å². The van der Waals surface area contributed by atoms with E-state index in [0.29, 0.717) is 30.8 Å². The zero-order chi connectivity index (χ0) is 15.9. The lowest BCUT2D eigenvalue weighted by atomic mass is 10.2. The third-order valence-electron chi connectivity index (χ3n) is 4.13. The lowest BCUT2D eigenvalue weighted by Crippen LogP contribution is -2.50. The first-order valence-electron chi connectivity index (χ1n) is 8.02. The van der Waals surface area contributed by atoms with Gasteiger partial charge in [0.2, 0.25) is 0 Å². The van der Waals surface area contributed by atoms with Gasteiger partial charge in [-0.05, 0) is 25.5 Å². The molecule has 5 heteroatoms. The monoisotopic (exact) mass is 326 g/mol. The molecule has 1 aliphatic heterocycles. The normalized spacial score (nSPS) is 18.8. The summed E-state index contributed by atoms with van der Waals surface area (Å²) in [6.07, 6.45) is -0.451. The molecule has 1 saturated heterocycles. The number of rotatable bonds is 7. The highest BCUT2D eigenvalue weighted by atomic mass is 35.5. The van der Waals surface area contributed by atoms with E-state index >= 15 is 0 Å². The number of piperazine rings is 1. The molecule has 0 spiro atoms. The second-order valence-electron chi connectivity index (χ2n) is 6.19. The SMILES string of the molecule is CC(C)N1CCN(CC(O)COCc2ccccc2Cl)CC1. The van der Waals surface area contributed by atoms with E-state index < -0.39 is 6.10 Å². The highest BCUT2D eigenvalue weighted by Crippen LogP contribution is 2.15. The predicted octanol–water partition coefficient (Wildman–Crippen LogP) is 2.24. The Balaban J connectivity index is 1.64. The van der Waals surface area contributed by atoms with Crippen LogP contribution >= 0.6 is 11.6 Å². The number of halogens is 1. The summed E-state index contributed by atoms with van der Waals surface area (Å²) in [4.78, 5) is 4.78. The summed E-state index contributed by atoms with van der Waals surface area (Å²) in [6.45, 7) is 10.1. The second kappa shape index (κ2) is 8.85. The molecular weight excluding hydrogens is 300 g/mol. The summed E-state index contributed by atoms with van der Waals surface area (Å²) < 4.78 is 5.59. The summed E-state index contributed by atoms with van der Waals surface area (Å²) in [5.74, 6) is 0. The van der Waals surface area contributed by atoms with Crippen molar-refractivity contribution >= 4 is 11.6 Å². The van der Waals surface area contributed by atoms with Gasteiger partial charge in [-0.3, -0.25) is 9.80 Å². The third-order valence-corrected chi connectivity index (χ3v) is 4.50. The smallest absolute Gasteiger partial charge is 0.0900 e. The van der Waals surface area contributed by atoms with Gasteiger partial charge >= 0.3 is 0 Å². The molecule has 22 heavy (non-hydrogen) atoms. The number of nitrogens with zero attached hydrogens (tertiary/aromatic N) is 2. The van der Waals surface area contributed by atoms with Gasteiger partial charge in [0.15, 0.2) is 0 Å². The Bertz CT molecular complexity index is 448. The molecule has 1 N–H and O–H groups in total. The molecule has 1 atom stereocenters. The quantitative estimate of drug-likeness (QED) is 0.833. The van der Waals surface area contributed by atoms with Crippen LogP contribution in [0.3, 0.4) is 0 Å². The van der Waals surface area contributed by atoms with Crippen molar-refractivity contribution in [2.45, 2.75) is 32.6 Å². The Morgan fingerprint density at radius 2 is 1.86 bits per heavy atom. The number of ether oxygens (including phenoxy) is 1. The first kappa shape index (κ1) is 17.7. The van der Waals surface area contributed by atoms with E-state index in [4.69, 9.17) is 16.3 Å². The Morgan fingerprint density at radius 1 is 1.18 bits per heavy atom. The second-order valence-corrected chi connectivity index (χ2v) is 6.60. The minimum atomic E-state index is -0.451. The predicted molar refractivity (Wildman–Crippen MR) is 90.3 cm³/mol. The highest BCUT2D eigenvalue weighted by Gasteiger charge is 2.20. The number of aliphatic hydroxyl groups excluding tert-OH is 1. The van der Waals surface area contributed by atoms with E-state index in [0.717, 1.165) is 31.7 Å². The summed E-state index contributed by atoms with van der Waals surface area (Å²) >= 11 is 6.08. The molecule has 1 heterocycles. The van der Waals surface area contributed by atoms with Crippen LogP contribution in [0.2, 0.25) is 5.02 Å². The van der Waals surface area contributed by atoms with Gasteiger partial charge in [0, 0.05) is 43.8 Å². The van der Waals surface area contributed by atoms with Crippen LogP contribution in [0.1, 0.15) is 19.4 Å². The number of benzene rings is 1. The molecule has 1 aromatic rings. The minimum absolute atomic E-state index is 0.343. The Morgan fingerprint density at radius 3 is 2.50 bits per heavy atom. The van der Waals surface area contributed by atoms with E-state index in [1.165, 1.54) is 0 Å². The Kier molecular flexibility index (Phi) is 7.12. The summed E-state index contributed by atoms with van der Waals surface area (Å²) in [5, 5.41) is 10.8. The summed E-state index contributed by atoms with van der Waals surface area (Å²) in [7, 11) is 0. The van der Waals surface area contributed by atoms with E-state index in [1.807, 2.05) is 24.3 Å². The maximum Gasteiger partial charge on any atom is 0.0900 e. The molecule has 1 fully saturated rings. The first-order valence-corrected chi connectivity index (χ1v) is 8.39. The van der Waals surface area contributed by atoms with Crippen molar-refractivity contribution in [2.24, 2.45) is 0 Å². The van der Waals surface area contributed by atoms with Gasteiger partial charge in [0.05, 0.1) is 19.3 Å². The number of hydrogen-bond donors (Lipinski definition) is 1. The van der Waals surface area contributed by atoms with Crippen LogP contribution in [0.25, 0.3) is 0 Å². The van der Waals surface area contributed by atoms with E-state index in [-0.39, 0.29) is 0 Å². The molecule has 1 aliphatic rings. The average Bonchev–Trinajstić information content (AvgIpc) is 2.50. The standard InChI is InChI=1S/C17H27ClN2O2/c1-14(2)20-9-7-19(8-10-20)11-16(21)13-22-12-15-5-3-4-6-17(15)18/h3-6,14,16,21H,7-13H2,1-2H3. The summed E-state index contributed by atoms with van der Waals surface area (Å²) in [6, 6.07) is 8.24. The van der Waals surface area contributed by atoms with Crippen LogP contribution in [-0.4, -0.2) is 66.4 Å². The minimum Gasteiger partial charge on any atom is -0.389 e. The van der Waals surface area contributed by atoms with Crippen LogP contribution in [0.4, 0.5) is 0 Å². The maximum absolute atomic E-state index is 10.1. The van der Waals surface area contributed by atoms with Crippen molar-refractivity contribution < 1.29 is 9.84 Å². The molecule has 0 saturated carbocycles. The fraction of sp³-hybridized carbons (Fsp3) is 0.647. The molecule has 0 bridgehead atoms. The molecule has 0 aromatic heterocycles.